The first-order chi connectivity index (χ1) is 18.3. The predicted octanol–water partition coefficient (Wildman–Crippen LogP) is 6.65. The second-order valence-corrected chi connectivity index (χ2v) is 10.1. The lowest BCUT2D eigenvalue weighted by atomic mass is 10.1. The molecule has 0 saturated heterocycles. The van der Waals surface area contributed by atoms with Crippen molar-refractivity contribution in [3.8, 4) is 16.9 Å². The summed E-state index contributed by atoms with van der Waals surface area (Å²) in [4.78, 5) is 27.7. The minimum absolute atomic E-state index is 0.119. The van der Waals surface area contributed by atoms with Crippen LogP contribution in [0.25, 0.3) is 16.9 Å². The summed E-state index contributed by atoms with van der Waals surface area (Å²) in [5.41, 5.74) is 3.18. The lowest BCUT2D eigenvalue weighted by molar-refractivity contribution is -0.116. The van der Waals surface area contributed by atoms with Crippen molar-refractivity contribution in [3.05, 3.63) is 101 Å². The van der Waals surface area contributed by atoms with Gasteiger partial charge in [0.15, 0.2) is 0 Å². The van der Waals surface area contributed by atoms with Crippen molar-refractivity contribution in [1.29, 1.82) is 0 Å². The standard InChI is InChI=1S/C29H29Cl2N5O2/c1-20(2)18-35(29(38)32-17-21-9-5-3-6-10-21)19-28(37)33-27-16-26(22-11-7-4-8-12-22)34-36(27)23-13-14-24(30)25(31)15-23/h3-16,20H,17-19H2,1-2H3,(H,32,38)(H,33,37). The zero-order chi connectivity index (χ0) is 27.1. The van der Waals surface area contributed by atoms with Gasteiger partial charge in [-0.15, -0.1) is 0 Å². The summed E-state index contributed by atoms with van der Waals surface area (Å²) in [6, 6.07) is 25.9. The Morgan fingerprint density at radius 2 is 1.61 bits per heavy atom. The van der Waals surface area contributed by atoms with E-state index in [1.54, 1.807) is 28.9 Å². The van der Waals surface area contributed by atoms with E-state index >= 15 is 0 Å². The van der Waals surface area contributed by atoms with Gasteiger partial charge in [0.25, 0.3) is 0 Å². The van der Waals surface area contributed by atoms with Crippen molar-refractivity contribution in [1.82, 2.24) is 20.0 Å². The van der Waals surface area contributed by atoms with E-state index < -0.39 is 0 Å². The smallest absolute Gasteiger partial charge is 0.318 e. The Morgan fingerprint density at radius 3 is 2.26 bits per heavy atom. The third-order valence-corrected chi connectivity index (χ3v) is 6.43. The van der Waals surface area contributed by atoms with E-state index in [1.807, 2.05) is 74.5 Å². The van der Waals surface area contributed by atoms with E-state index in [-0.39, 0.29) is 24.4 Å². The molecule has 38 heavy (non-hydrogen) atoms. The number of anilines is 1. The van der Waals surface area contributed by atoms with Crippen LogP contribution in [0.15, 0.2) is 84.9 Å². The van der Waals surface area contributed by atoms with Gasteiger partial charge >= 0.3 is 6.03 Å². The number of nitrogens with one attached hydrogen (secondary N) is 2. The first kappa shape index (κ1) is 27.2. The van der Waals surface area contributed by atoms with Gasteiger partial charge < -0.3 is 15.5 Å². The molecule has 1 heterocycles. The highest BCUT2D eigenvalue weighted by Gasteiger charge is 2.20. The summed E-state index contributed by atoms with van der Waals surface area (Å²) in [5, 5.41) is 11.3. The maximum absolute atomic E-state index is 13.2. The molecule has 0 unspecified atom stereocenters. The van der Waals surface area contributed by atoms with Crippen LogP contribution in [-0.2, 0) is 11.3 Å². The van der Waals surface area contributed by atoms with Crippen LogP contribution in [0.3, 0.4) is 0 Å². The number of rotatable bonds is 9. The van der Waals surface area contributed by atoms with Gasteiger partial charge in [0.1, 0.15) is 12.4 Å². The Labute approximate surface area is 232 Å². The average molecular weight is 550 g/mol. The summed E-state index contributed by atoms with van der Waals surface area (Å²) < 4.78 is 1.60. The quantitative estimate of drug-likeness (QED) is 0.245. The molecule has 0 atom stereocenters. The normalized spacial score (nSPS) is 10.9. The van der Waals surface area contributed by atoms with Crippen molar-refractivity contribution < 1.29 is 9.59 Å². The maximum Gasteiger partial charge on any atom is 0.318 e. The molecule has 0 aliphatic heterocycles. The van der Waals surface area contributed by atoms with Gasteiger partial charge in [-0.25, -0.2) is 9.48 Å². The molecule has 0 aliphatic rings. The van der Waals surface area contributed by atoms with Crippen LogP contribution < -0.4 is 10.6 Å². The third kappa shape index (κ3) is 7.15. The first-order valence-electron chi connectivity index (χ1n) is 12.3. The topological polar surface area (TPSA) is 79.3 Å². The molecule has 4 rings (SSSR count). The van der Waals surface area contributed by atoms with E-state index in [4.69, 9.17) is 28.3 Å². The van der Waals surface area contributed by atoms with Crippen LogP contribution >= 0.6 is 23.2 Å². The van der Waals surface area contributed by atoms with E-state index in [9.17, 15) is 9.59 Å². The van der Waals surface area contributed by atoms with Gasteiger partial charge in [-0.3, -0.25) is 4.79 Å². The summed E-state index contributed by atoms with van der Waals surface area (Å²) in [7, 11) is 0. The third-order valence-electron chi connectivity index (χ3n) is 5.69. The molecule has 3 amide bonds. The number of aromatic nitrogens is 2. The molecule has 0 aliphatic carbocycles. The molecule has 1 aromatic heterocycles. The van der Waals surface area contributed by atoms with Gasteiger partial charge in [-0.2, -0.15) is 5.10 Å². The molecule has 9 heteroatoms. The molecule has 3 aromatic carbocycles. The van der Waals surface area contributed by atoms with Gasteiger partial charge in [-0.1, -0.05) is 97.7 Å². The minimum Gasteiger partial charge on any atom is -0.334 e. The minimum atomic E-state index is -0.346. The molecule has 0 saturated carbocycles. The second-order valence-electron chi connectivity index (χ2n) is 9.26. The summed E-state index contributed by atoms with van der Waals surface area (Å²) in [5.74, 6) is 0.277. The number of hydrogen-bond donors (Lipinski definition) is 2. The van der Waals surface area contributed by atoms with E-state index in [0.717, 1.165) is 11.1 Å². The first-order valence-corrected chi connectivity index (χ1v) is 13.0. The van der Waals surface area contributed by atoms with Crippen LogP contribution in [0.2, 0.25) is 10.0 Å². The zero-order valence-corrected chi connectivity index (χ0v) is 22.7. The van der Waals surface area contributed by atoms with Gasteiger partial charge in [-0.05, 0) is 29.7 Å². The van der Waals surface area contributed by atoms with Crippen LogP contribution in [0.1, 0.15) is 19.4 Å². The fourth-order valence-electron chi connectivity index (χ4n) is 3.93. The SMILES string of the molecule is CC(C)CN(CC(=O)Nc1cc(-c2ccccc2)nn1-c1ccc(Cl)c(Cl)c1)C(=O)NCc1ccccc1. The molecule has 4 aromatic rings. The fourth-order valence-corrected chi connectivity index (χ4v) is 4.23. The summed E-state index contributed by atoms with van der Waals surface area (Å²) in [6.45, 7) is 4.68. The van der Waals surface area contributed by atoms with Crippen molar-refractivity contribution in [2.75, 3.05) is 18.4 Å². The van der Waals surface area contributed by atoms with Crippen LogP contribution in [0.4, 0.5) is 10.6 Å². The average Bonchev–Trinajstić information content (AvgIpc) is 3.33. The van der Waals surface area contributed by atoms with Crippen LogP contribution in [-0.4, -0.2) is 39.7 Å². The van der Waals surface area contributed by atoms with Crippen molar-refractivity contribution in [3.63, 3.8) is 0 Å². The van der Waals surface area contributed by atoms with E-state index in [2.05, 4.69) is 10.6 Å². The number of halogens is 2. The summed E-state index contributed by atoms with van der Waals surface area (Å²) >= 11 is 12.4. The molecule has 0 fully saturated rings. The Morgan fingerprint density at radius 1 is 0.921 bits per heavy atom. The molecule has 196 valence electrons. The number of carbonyl (C=O) groups is 2. The number of nitrogens with zero attached hydrogens (tertiary/aromatic N) is 3. The second kappa shape index (κ2) is 12.6. The Bertz CT molecular complexity index is 1390. The largest absolute Gasteiger partial charge is 0.334 e. The van der Waals surface area contributed by atoms with Gasteiger partial charge in [0, 0.05) is 24.7 Å². The van der Waals surface area contributed by atoms with E-state index in [1.165, 1.54) is 4.90 Å². The van der Waals surface area contributed by atoms with Crippen LogP contribution in [0, 0.1) is 5.92 Å². The molecular weight excluding hydrogens is 521 g/mol. The molecule has 0 spiro atoms. The fraction of sp³-hybridized carbons (Fsp3) is 0.207. The molecule has 0 radical (unpaired) electrons. The monoisotopic (exact) mass is 549 g/mol. The van der Waals surface area contributed by atoms with E-state index in [0.29, 0.717) is 40.3 Å². The highest BCUT2D eigenvalue weighted by molar-refractivity contribution is 6.42. The number of carbonyl (C=O) groups excluding carboxylic acids is 2. The van der Waals surface area contributed by atoms with Crippen molar-refractivity contribution in [2.45, 2.75) is 20.4 Å². The summed E-state index contributed by atoms with van der Waals surface area (Å²) in [6.07, 6.45) is 0. The Hall–Kier alpha value is -3.81. The molecule has 0 bridgehead atoms. The Balaban J connectivity index is 1.55. The maximum atomic E-state index is 13.2. The number of urea groups is 1. The number of amides is 3. The lowest BCUT2D eigenvalue weighted by Crippen LogP contribution is -2.45. The van der Waals surface area contributed by atoms with Crippen LogP contribution in [0.5, 0.6) is 0 Å². The highest BCUT2D eigenvalue weighted by atomic mass is 35.5. The predicted molar refractivity (Wildman–Crippen MR) is 153 cm³/mol. The molecular formula is C29H29Cl2N5O2. The zero-order valence-electron chi connectivity index (χ0n) is 21.2. The highest BCUT2D eigenvalue weighted by Crippen LogP contribution is 2.29. The molecule has 2 N–H and O–H groups in total. The lowest BCUT2D eigenvalue weighted by Gasteiger charge is -2.24. The van der Waals surface area contributed by atoms with Gasteiger partial charge in [0.05, 0.1) is 21.4 Å². The van der Waals surface area contributed by atoms with Crippen molar-refractivity contribution >= 4 is 41.0 Å². The Kier molecular flexibility index (Phi) is 9.05. The number of hydrogen-bond acceptors (Lipinski definition) is 3. The number of benzene rings is 3. The molecule has 7 nitrogen and oxygen atoms in total. The van der Waals surface area contributed by atoms with Crippen molar-refractivity contribution in [2.24, 2.45) is 5.92 Å². The van der Waals surface area contributed by atoms with Gasteiger partial charge in [0.2, 0.25) is 5.91 Å².